The molecule has 0 aliphatic heterocycles. The second-order valence-electron chi connectivity index (χ2n) is 5.22. The topological polar surface area (TPSA) is 70.7 Å². The molecule has 3 rings (SSSR count). The van der Waals surface area contributed by atoms with E-state index in [0.29, 0.717) is 29.2 Å². The Morgan fingerprint density at radius 1 is 1.17 bits per heavy atom. The summed E-state index contributed by atoms with van der Waals surface area (Å²) in [7, 11) is 5.71. The van der Waals surface area contributed by atoms with E-state index in [2.05, 4.69) is 20.3 Å². The van der Waals surface area contributed by atoms with E-state index in [-0.39, 0.29) is 5.56 Å². The summed E-state index contributed by atoms with van der Waals surface area (Å²) >= 11 is 0. The van der Waals surface area contributed by atoms with Crippen molar-refractivity contribution in [1.29, 1.82) is 0 Å². The van der Waals surface area contributed by atoms with Crippen molar-refractivity contribution in [3.8, 4) is 11.4 Å². The van der Waals surface area contributed by atoms with Crippen molar-refractivity contribution in [2.24, 2.45) is 0 Å². The number of pyridine rings is 1. The maximum atomic E-state index is 11.7. The number of rotatable bonds is 4. The molecule has 1 aromatic carbocycles. The highest BCUT2D eigenvalue weighted by molar-refractivity contribution is 6.32. The molecule has 5 nitrogen and oxygen atoms in total. The SMILES string of the molecule is [B]c1ccc(-c2nc(C)cc(NCc3ccc[nH]c3=O)n2)cc1. The molecule has 0 aliphatic rings. The van der Waals surface area contributed by atoms with Crippen LogP contribution in [0.5, 0.6) is 0 Å². The van der Waals surface area contributed by atoms with Gasteiger partial charge in [0.15, 0.2) is 5.82 Å². The molecule has 0 amide bonds. The maximum Gasteiger partial charge on any atom is 0.252 e. The molecule has 0 spiro atoms. The third-order valence-electron chi connectivity index (χ3n) is 3.38. The average molecular weight is 302 g/mol. The molecule has 0 saturated carbocycles. The molecule has 112 valence electrons. The van der Waals surface area contributed by atoms with Gasteiger partial charge in [0.2, 0.25) is 0 Å². The molecule has 0 bridgehead atoms. The Bertz CT molecular complexity index is 874. The van der Waals surface area contributed by atoms with E-state index >= 15 is 0 Å². The zero-order valence-electron chi connectivity index (χ0n) is 12.7. The van der Waals surface area contributed by atoms with E-state index in [1.54, 1.807) is 18.3 Å². The van der Waals surface area contributed by atoms with Gasteiger partial charge in [0.05, 0.1) is 0 Å². The average Bonchev–Trinajstić information content (AvgIpc) is 2.54. The summed E-state index contributed by atoms with van der Waals surface area (Å²) < 4.78 is 0. The van der Waals surface area contributed by atoms with Gasteiger partial charge in [-0.1, -0.05) is 35.8 Å². The van der Waals surface area contributed by atoms with E-state index in [0.717, 1.165) is 11.3 Å². The normalized spacial score (nSPS) is 10.5. The van der Waals surface area contributed by atoms with E-state index < -0.39 is 0 Å². The van der Waals surface area contributed by atoms with Crippen LogP contribution in [0.3, 0.4) is 0 Å². The summed E-state index contributed by atoms with van der Waals surface area (Å²) in [6.45, 7) is 2.30. The third-order valence-corrected chi connectivity index (χ3v) is 3.38. The minimum Gasteiger partial charge on any atom is -0.366 e. The van der Waals surface area contributed by atoms with Crippen LogP contribution in [0.25, 0.3) is 11.4 Å². The number of anilines is 1. The van der Waals surface area contributed by atoms with Gasteiger partial charge in [-0.05, 0) is 13.0 Å². The fourth-order valence-electron chi connectivity index (χ4n) is 2.20. The van der Waals surface area contributed by atoms with Crippen LogP contribution >= 0.6 is 0 Å². The summed E-state index contributed by atoms with van der Waals surface area (Å²) in [5.74, 6) is 1.29. The highest BCUT2D eigenvalue weighted by atomic mass is 16.1. The standard InChI is InChI=1S/C17H15BN4O/c1-11-9-15(20-10-13-3-2-8-19-17(13)23)22-16(21-11)12-4-6-14(18)7-5-12/h2-9H,10H2,1H3,(H,19,23)(H,20,21,22). The monoisotopic (exact) mass is 302 g/mol. The molecule has 3 aromatic rings. The van der Waals surface area contributed by atoms with Gasteiger partial charge in [-0.25, -0.2) is 9.97 Å². The number of hydrogen-bond donors (Lipinski definition) is 2. The number of H-pyrrole nitrogens is 1. The molecule has 0 fully saturated rings. The first-order valence-electron chi connectivity index (χ1n) is 7.24. The van der Waals surface area contributed by atoms with E-state index in [1.165, 1.54) is 0 Å². The van der Waals surface area contributed by atoms with Crippen molar-refractivity contribution in [3.05, 3.63) is 70.3 Å². The lowest BCUT2D eigenvalue weighted by Crippen LogP contribution is -2.15. The van der Waals surface area contributed by atoms with Crippen molar-refractivity contribution in [1.82, 2.24) is 15.0 Å². The fourth-order valence-corrected chi connectivity index (χ4v) is 2.20. The molecule has 2 N–H and O–H groups in total. The highest BCUT2D eigenvalue weighted by Gasteiger charge is 2.06. The number of hydrogen-bond acceptors (Lipinski definition) is 4. The summed E-state index contributed by atoms with van der Waals surface area (Å²) in [4.78, 5) is 23.3. The zero-order valence-corrected chi connectivity index (χ0v) is 12.7. The van der Waals surface area contributed by atoms with Gasteiger partial charge in [-0.3, -0.25) is 4.79 Å². The third kappa shape index (κ3) is 3.66. The van der Waals surface area contributed by atoms with Crippen molar-refractivity contribution in [3.63, 3.8) is 0 Å². The predicted octanol–water partition coefficient (Wildman–Crippen LogP) is 1.55. The van der Waals surface area contributed by atoms with Crippen molar-refractivity contribution >= 4 is 19.1 Å². The molecule has 0 saturated heterocycles. The highest BCUT2D eigenvalue weighted by Crippen LogP contribution is 2.17. The van der Waals surface area contributed by atoms with Crippen molar-refractivity contribution in [2.75, 3.05) is 5.32 Å². The number of nitrogens with one attached hydrogen (secondary N) is 2. The Morgan fingerprint density at radius 3 is 2.70 bits per heavy atom. The summed E-state index contributed by atoms with van der Waals surface area (Å²) in [5, 5.41) is 3.17. The Hall–Kier alpha value is -2.89. The quantitative estimate of drug-likeness (QED) is 0.717. The Balaban J connectivity index is 1.84. The molecule has 2 aromatic heterocycles. The molecule has 0 unspecified atom stereocenters. The van der Waals surface area contributed by atoms with Crippen LogP contribution < -0.4 is 16.3 Å². The molecular formula is C17H15BN4O. The Labute approximate surface area is 135 Å². The Kier molecular flexibility index (Phi) is 4.23. The van der Waals surface area contributed by atoms with Gasteiger partial charge < -0.3 is 10.3 Å². The van der Waals surface area contributed by atoms with Crippen LogP contribution in [0.15, 0.2) is 53.5 Å². The van der Waals surface area contributed by atoms with Crippen molar-refractivity contribution < 1.29 is 0 Å². The minimum atomic E-state index is -0.107. The lowest BCUT2D eigenvalue weighted by molar-refractivity contribution is 1.03. The fraction of sp³-hybridized carbons (Fsp3) is 0.118. The van der Waals surface area contributed by atoms with Crippen LogP contribution in [-0.2, 0) is 6.54 Å². The molecule has 23 heavy (non-hydrogen) atoms. The minimum absolute atomic E-state index is 0.107. The first-order valence-corrected chi connectivity index (χ1v) is 7.24. The summed E-state index contributed by atoms with van der Waals surface area (Å²) in [5.41, 5.74) is 2.98. The smallest absolute Gasteiger partial charge is 0.252 e. The van der Waals surface area contributed by atoms with Gasteiger partial charge in [0.1, 0.15) is 13.7 Å². The molecule has 0 atom stereocenters. The van der Waals surface area contributed by atoms with Crippen LogP contribution in [-0.4, -0.2) is 22.8 Å². The second-order valence-corrected chi connectivity index (χ2v) is 5.22. The molecule has 2 radical (unpaired) electrons. The maximum absolute atomic E-state index is 11.7. The largest absolute Gasteiger partial charge is 0.366 e. The van der Waals surface area contributed by atoms with E-state index in [4.69, 9.17) is 7.85 Å². The van der Waals surface area contributed by atoms with Crippen LogP contribution in [0.2, 0.25) is 0 Å². The van der Waals surface area contributed by atoms with E-state index in [9.17, 15) is 4.79 Å². The first kappa shape index (κ1) is 15.0. The number of aryl methyl sites for hydroxylation is 1. The van der Waals surface area contributed by atoms with Gasteiger partial charge in [-0.2, -0.15) is 0 Å². The summed E-state index contributed by atoms with van der Waals surface area (Å²) in [6.07, 6.45) is 1.61. The number of aromatic amines is 1. The van der Waals surface area contributed by atoms with E-state index in [1.807, 2.05) is 37.3 Å². The molecular weight excluding hydrogens is 287 g/mol. The lowest BCUT2D eigenvalue weighted by atomic mass is 9.95. The van der Waals surface area contributed by atoms with Gasteiger partial charge in [0.25, 0.3) is 5.56 Å². The van der Waals surface area contributed by atoms with Crippen molar-refractivity contribution in [2.45, 2.75) is 13.5 Å². The van der Waals surface area contributed by atoms with Gasteiger partial charge in [-0.15, -0.1) is 0 Å². The van der Waals surface area contributed by atoms with Gasteiger partial charge in [0, 0.05) is 35.6 Å². The second kappa shape index (κ2) is 6.48. The first-order chi connectivity index (χ1) is 11.1. The predicted molar refractivity (Wildman–Crippen MR) is 92.0 cm³/mol. The van der Waals surface area contributed by atoms with Crippen LogP contribution in [0.4, 0.5) is 5.82 Å². The summed E-state index contributed by atoms with van der Waals surface area (Å²) in [6, 6.07) is 12.8. The van der Waals surface area contributed by atoms with Gasteiger partial charge >= 0.3 is 0 Å². The molecule has 2 heterocycles. The number of nitrogens with zero attached hydrogens (tertiary/aromatic N) is 2. The zero-order chi connectivity index (χ0) is 16.2. The van der Waals surface area contributed by atoms with Crippen LogP contribution in [0, 0.1) is 6.92 Å². The Morgan fingerprint density at radius 2 is 1.96 bits per heavy atom. The lowest BCUT2D eigenvalue weighted by Gasteiger charge is -2.09. The molecule has 6 heteroatoms. The molecule has 0 aliphatic carbocycles. The number of aromatic nitrogens is 3. The van der Waals surface area contributed by atoms with Crippen LogP contribution in [0.1, 0.15) is 11.3 Å². The number of benzene rings is 1.